The number of benzene rings is 1. The summed E-state index contributed by atoms with van der Waals surface area (Å²) in [4.78, 5) is 51.2. The molecule has 6 rings (SSSR count). The van der Waals surface area contributed by atoms with E-state index in [9.17, 15) is 19.2 Å². The van der Waals surface area contributed by atoms with Crippen LogP contribution in [0.4, 0.5) is 0 Å². The Kier molecular flexibility index (Phi) is 4.49. The minimum Gasteiger partial charge on any atom is -0.497 e. The van der Waals surface area contributed by atoms with Gasteiger partial charge < -0.3 is 9.47 Å². The minimum atomic E-state index is -0.601. The van der Waals surface area contributed by atoms with Gasteiger partial charge in [-0.25, -0.2) is 0 Å². The quantitative estimate of drug-likeness (QED) is 0.296. The van der Waals surface area contributed by atoms with Gasteiger partial charge in [-0.1, -0.05) is 12.2 Å². The summed E-state index contributed by atoms with van der Waals surface area (Å²) < 4.78 is 10.1. The van der Waals surface area contributed by atoms with Gasteiger partial charge in [0.25, 0.3) is 0 Å². The number of esters is 1. The molecule has 1 aromatic rings. The van der Waals surface area contributed by atoms with E-state index in [4.69, 9.17) is 9.47 Å². The number of carbonyl (C=O) groups excluding carboxylic acids is 4. The molecule has 1 heterocycles. The largest absolute Gasteiger partial charge is 0.497 e. The molecule has 2 bridgehead atoms. The molecule has 0 spiro atoms. The zero-order chi connectivity index (χ0) is 21.0. The number of hydrogen-bond acceptors (Lipinski definition) is 6. The van der Waals surface area contributed by atoms with Gasteiger partial charge in [-0.3, -0.25) is 24.1 Å². The van der Waals surface area contributed by atoms with Gasteiger partial charge in [-0.15, -0.1) is 0 Å². The van der Waals surface area contributed by atoms with Crippen molar-refractivity contribution < 1.29 is 28.7 Å². The minimum absolute atomic E-state index is 0.00893. The fourth-order valence-corrected chi connectivity index (χ4v) is 5.52. The highest BCUT2D eigenvalue weighted by Crippen LogP contribution is 2.65. The van der Waals surface area contributed by atoms with Crippen LogP contribution in [0.15, 0.2) is 36.4 Å². The lowest BCUT2D eigenvalue weighted by Crippen LogP contribution is -2.40. The molecule has 1 aliphatic heterocycles. The molecule has 6 atom stereocenters. The summed E-state index contributed by atoms with van der Waals surface area (Å²) in [7, 11) is 1.54. The molecule has 7 heteroatoms. The summed E-state index contributed by atoms with van der Waals surface area (Å²) in [6, 6.07) is 6.52. The first kappa shape index (κ1) is 19.0. The number of Topliss-reactive ketones (excluding diaryl/α,β-unsaturated/α-hetero) is 1. The molecule has 30 heavy (non-hydrogen) atoms. The van der Waals surface area contributed by atoms with Crippen LogP contribution in [0, 0.1) is 35.5 Å². The Balaban J connectivity index is 1.14. The highest BCUT2D eigenvalue weighted by atomic mass is 16.5. The fraction of sp³-hybridized carbons (Fsp3) is 0.478. The number of likely N-dealkylation sites (tertiary alicyclic amines) is 1. The lowest BCUT2D eigenvalue weighted by molar-refractivity contribution is -0.145. The van der Waals surface area contributed by atoms with Crippen LogP contribution < -0.4 is 4.74 Å². The molecule has 156 valence electrons. The van der Waals surface area contributed by atoms with E-state index in [1.165, 1.54) is 12.0 Å². The van der Waals surface area contributed by atoms with Crippen molar-refractivity contribution in [1.82, 2.24) is 4.90 Å². The molecular formula is C23H23NO6. The highest BCUT2D eigenvalue weighted by molar-refractivity contribution is 6.06. The molecule has 0 radical (unpaired) electrons. The summed E-state index contributed by atoms with van der Waals surface area (Å²) in [6.07, 6.45) is 5.24. The van der Waals surface area contributed by atoms with Crippen LogP contribution in [-0.2, 0) is 19.1 Å². The maximum Gasteiger partial charge on any atom is 0.308 e. The summed E-state index contributed by atoms with van der Waals surface area (Å²) in [5, 5.41) is 0. The molecular weight excluding hydrogens is 386 g/mol. The standard InChI is InChI=1S/C23H23NO6/c1-29-13-4-2-12(3-5-13)18(25)11-30-19(26)8-9-24-22(27)20-14-6-7-15(17-10-16(14)17)21(20)23(24)28/h2-7,14-17,20-21H,8-11H2,1H3/t14-,15-,16-,17+,20+,21-/m1/s1. The van der Waals surface area contributed by atoms with Crippen molar-refractivity contribution in [3.63, 3.8) is 0 Å². The number of hydrogen-bond donors (Lipinski definition) is 0. The molecule has 1 aromatic carbocycles. The van der Waals surface area contributed by atoms with Crippen LogP contribution in [0.1, 0.15) is 23.2 Å². The zero-order valence-corrected chi connectivity index (χ0v) is 16.7. The molecule has 0 aromatic heterocycles. The van der Waals surface area contributed by atoms with Gasteiger partial charge in [0.05, 0.1) is 25.4 Å². The van der Waals surface area contributed by atoms with Gasteiger partial charge in [-0.2, -0.15) is 0 Å². The molecule has 0 unspecified atom stereocenters. The van der Waals surface area contributed by atoms with Crippen molar-refractivity contribution in [1.29, 1.82) is 0 Å². The van der Waals surface area contributed by atoms with Crippen LogP contribution >= 0.6 is 0 Å². The third-order valence-corrected chi connectivity index (χ3v) is 7.07. The van der Waals surface area contributed by atoms with Crippen molar-refractivity contribution in [3.05, 3.63) is 42.0 Å². The lowest BCUT2D eigenvalue weighted by Gasteiger charge is -2.37. The zero-order valence-electron chi connectivity index (χ0n) is 16.7. The van der Waals surface area contributed by atoms with Crippen molar-refractivity contribution in [2.45, 2.75) is 12.8 Å². The monoisotopic (exact) mass is 409 g/mol. The Labute approximate surface area is 174 Å². The van der Waals surface area contributed by atoms with Gasteiger partial charge in [-0.05, 0) is 54.4 Å². The highest BCUT2D eigenvalue weighted by Gasteiger charge is 2.66. The maximum absolute atomic E-state index is 12.9. The second-order valence-electron chi connectivity index (χ2n) is 8.55. The van der Waals surface area contributed by atoms with Crippen LogP contribution in [0.25, 0.3) is 0 Å². The van der Waals surface area contributed by atoms with Crippen molar-refractivity contribution >= 4 is 23.6 Å². The van der Waals surface area contributed by atoms with E-state index in [2.05, 4.69) is 12.2 Å². The Morgan fingerprint density at radius 2 is 1.60 bits per heavy atom. The molecule has 2 saturated carbocycles. The summed E-state index contributed by atoms with van der Waals surface area (Å²) >= 11 is 0. The van der Waals surface area contributed by atoms with Crippen LogP contribution in [0.3, 0.4) is 0 Å². The van der Waals surface area contributed by atoms with E-state index in [1.807, 2.05) is 0 Å². The number of allylic oxidation sites excluding steroid dienone is 2. The van der Waals surface area contributed by atoms with Crippen molar-refractivity contribution in [2.24, 2.45) is 35.5 Å². The third kappa shape index (κ3) is 2.95. The number of carbonyl (C=O) groups is 4. The number of methoxy groups -OCH3 is 1. The molecule has 3 fully saturated rings. The van der Waals surface area contributed by atoms with E-state index >= 15 is 0 Å². The number of ether oxygens (including phenoxy) is 2. The normalized spacial score (nSPS) is 32.6. The number of rotatable bonds is 7. The molecule has 1 saturated heterocycles. The lowest BCUT2D eigenvalue weighted by atomic mass is 9.63. The molecule has 5 aliphatic rings. The number of imide groups is 1. The van der Waals surface area contributed by atoms with E-state index in [0.717, 1.165) is 6.42 Å². The average Bonchev–Trinajstić information content (AvgIpc) is 3.55. The molecule has 0 N–H and O–H groups in total. The van der Waals surface area contributed by atoms with Gasteiger partial charge >= 0.3 is 5.97 Å². The van der Waals surface area contributed by atoms with Crippen molar-refractivity contribution in [3.8, 4) is 5.75 Å². The summed E-state index contributed by atoms with van der Waals surface area (Å²) in [6.45, 7) is -0.370. The predicted octanol–water partition coefficient (Wildman–Crippen LogP) is 1.86. The topological polar surface area (TPSA) is 90.0 Å². The molecule has 2 amide bonds. The second-order valence-corrected chi connectivity index (χ2v) is 8.55. The SMILES string of the molecule is COc1ccc(C(=O)COC(=O)CCN2C(=O)[C@@H]3[C@@H]4C=C[C@H]([C@H]5C[C@@H]45)[C@@H]3C2=O)cc1. The number of amides is 2. The van der Waals surface area contributed by atoms with Gasteiger partial charge in [0.2, 0.25) is 11.8 Å². The van der Waals surface area contributed by atoms with Crippen LogP contribution in [-0.4, -0.2) is 48.7 Å². The van der Waals surface area contributed by atoms with Gasteiger partial charge in [0.1, 0.15) is 5.75 Å². The first-order chi connectivity index (χ1) is 14.5. The fourth-order valence-electron chi connectivity index (χ4n) is 5.52. The van der Waals surface area contributed by atoms with E-state index < -0.39 is 5.97 Å². The number of nitrogens with zero attached hydrogens (tertiary/aromatic N) is 1. The Bertz CT molecular complexity index is 915. The first-order valence-corrected chi connectivity index (χ1v) is 10.4. The van der Waals surface area contributed by atoms with Gasteiger partial charge in [0, 0.05) is 12.1 Å². The van der Waals surface area contributed by atoms with E-state index in [0.29, 0.717) is 23.1 Å². The maximum atomic E-state index is 12.9. The van der Waals surface area contributed by atoms with E-state index in [-0.39, 0.29) is 60.8 Å². The Hall–Kier alpha value is -2.96. The van der Waals surface area contributed by atoms with Crippen LogP contribution in [0.5, 0.6) is 5.75 Å². The Morgan fingerprint density at radius 1 is 1.00 bits per heavy atom. The smallest absolute Gasteiger partial charge is 0.308 e. The summed E-state index contributed by atoms with van der Waals surface area (Å²) in [5.41, 5.74) is 0.416. The molecule has 7 nitrogen and oxygen atoms in total. The average molecular weight is 409 g/mol. The predicted molar refractivity (Wildman–Crippen MR) is 104 cm³/mol. The van der Waals surface area contributed by atoms with Gasteiger partial charge in [0.15, 0.2) is 12.4 Å². The van der Waals surface area contributed by atoms with E-state index in [1.54, 1.807) is 24.3 Å². The third-order valence-electron chi connectivity index (χ3n) is 7.07. The number of ketones is 1. The second kappa shape index (κ2) is 7.07. The Morgan fingerprint density at radius 3 is 2.17 bits per heavy atom. The molecule has 4 aliphatic carbocycles. The van der Waals surface area contributed by atoms with Crippen molar-refractivity contribution in [2.75, 3.05) is 20.3 Å². The summed E-state index contributed by atoms with van der Waals surface area (Å²) in [5.74, 6) is 0.301. The van der Waals surface area contributed by atoms with Crippen LogP contribution in [0.2, 0.25) is 0 Å². The first-order valence-electron chi connectivity index (χ1n) is 10.4.